The Balaban J connectivity index is 1.90. The third-order valence-corrected chi connectivity index (χ3v) is 4.47. The zero-order valence-electron chi connectivity index (χ0n) is 7.59. The normalized spacial score (nSPS) is 56.2. The first-order chi connectivity index (χ1) is 5.80. The van der Waals surface area contributed by atoms with Crippen molar-refractivity contribution in [3.63, 3.8) is 0 Å². The Morgan fingerprint density at radius 1 is 0.917 bits per heavy atom. The zero-order chi connectivity index (χ0) is 8.18. The monoisotopic (exact) mass is 165 g/mol. The highest BCUT2D eigenvalue weighted by molar-refractivity contribution is 5.00. The van der Waals surface area contributed by atoms with Gasteiger partial charge in [-0.3, -0.25) is 0 Å². The molecule has 0 unspecified atom stereocenters. The van der Waals surface area contributed by atoms with Crippen molar-refractivity contribution in [3.8, 4) is 0 Å². The Morgan fingerprint density at radius 3 is 1.67 bits per heavy atom. The molecule has 4 bridgehead atoms. The van der Waals surface area contributed by atoms with Crippen molar-refractivity contribution >= 4 is 0 Å². The Labute approximate surface area is 74.2 Å². The molecule has 0 spiro atoms. The molecule has 1 heteroatoms. The lowest BCUT2D eigenvalue weighted by Gasteiger charge is -2.55. The van der Waals surface area contributed by atoms with E-state index in [-0.39, 0.29) is 12.0 Å². The van der Waals surface area contributed by atoms with E-state index in [4.69, 9.17) is 0 Å². The predicted molar refractivity (Wildman–Crippen MR) is 46.2 cm³/mol. The predicted octanol–water partition coefficient (Wildman–Crippen LogP) is 2.63. The van der Waals surface area contributed by atoms with Gasteiger partial charge in [0.05, 0.1) is 6.61 Å². The maximum absolute atomic E-state index is 11.2. The Kier molecular flexibility index (Phi) is 1.39. The van der Waals surface area contributed by atoms with Crippen LogP contribution in [0.25, 0.3) is 0 Å². The molecule has 1 radical (unpaired) electrons. The van der Waals surface area contributed by atoms with Gasteiger partial charge in [0, 0.05) is 0 Å². The van der Waals surface area contributed by atoms with Crippen molar-refractivity contribution in [2.24, 2.45) is 23.2 Å². The van der Waals surface area contributed by atoms with Gasteiger partial charge < -0.3 is 0 Å². The molecule has 0 N–H and O–H groups in total. The zero-order valence-corrected chi connectivity index (χ0v) is 7.59. The summed E-state index contributed by atoms with van der Waals surface area (Å²) < 4.78 is 0. The maximum Gasteiger partial charge on any atom is 0.0878 e. The van der Waals surface area contributed by atoms with Gasteiger partial charge in [0.15, 0.2) is 0 Å². The molecule has 0 aromatic carbocycles. The number of hydrogen-bond donors (Lipinski definition) is 0. The highest BCUT2D eigenvalue weighted by atomic mass is 16.3. The molecule has 0 aromatic rings. The molecule has 0 atom stereocenters. The van der Waals surface area contributed by atoms with Crippen LogP contribution in [0.4, 0.5) is 0 Å². The Hall–Kier alpha value is -0.0400. The standard InChI is InChI=1S/C11H17O/c12-7-11-4-8-1-9(5-11)3-10(2-8)6-11/h8-10H,1-7H2. The van der Waals surface area contributed by atoms with Crippen LogP contribution in [-0.2, 0) is 5.11 Å². The van der Waals surface area contributed by atoms with Crippen molar-refractivity contribution in [2.75, 3.05) is 6.61 Å². The van der Waals surface area contributed by atoms with E-state index in [0.29, 0.717) is 0 Å². The molecule has 4 rings (SSSR count). The van der Waals surface area contributed by atoms with E-state index in [2.05, 4.69) is 0 Å². The quantitative estimate of drug-likeness (QED) is 0.569. The average molecular weight is 165 g/mol. The van der Waals surface area contributed by atoms with E-state index in [1.54, 1.807) is 0 Å². The van der Waals surface area contributed by atoms with E-state index < -0.39 is 0 Å². The lowest BCUT2D eigenvalue weighted by atomic mass is 9.50. The van der Waals surface area contributed by atoms with Crippen LogP contribution in [0.1, 0.15) is 38.5 Å². The second-order valence-corrected chi connectivity index (χ2v) is 5.56. The van der Waals surface area contributed by atoms with Crippen LogP contribution in [0.15, 0.2) is 0 Å². The van der Waals surface area contributed by atoms with E-state index in [1.165, 1.54) is 38.5 Å². The molecule has 4 aliphatic rings. The summed E-state index contributed by atoms with van der Waals surface area (Å²) in [6, 6.07) is 0. The summed E-state index contributed by atoms with van der Waals surface area (Å²) in [6.45, 7) is 0.219. The average Bonchev–Trinajstić information content (AvgIpc) is 2.02. The first-order valence-electron chi connectivity index (χ1n) is 5.38. The van der Waals surface area contributed by atoms with Gasteiger partial charge in [0.25, 0.3) is 0 Å². The van der Waals surface area contributed by atoms with Crippen molar-refractivity contribution in [1.82, 2.24) is 0 Å². The van der Waals surface area contributed by atoms with Gasteiger partial charge in [0.2, 0.25) is 0 Å². The third kappa shape index (κ3) is 0.891. The van der Waals surface area contributed by atoms with Crippen LogP contribution in [-0.4, -0.2) is 6.61 Å². The molecule has 0 aliphatic heterocycles. The molecule has 0 heterocycles. The smallest absolute Gasteiger partial charge is 0.0878 e. The summed E-state index contributed by atoms with van der Waals surface area (Å²) in [5.74, 6) is 2.85. The van der Waals surface area contributed by atoms with Crippen molar-refractivity contribution in [2.45, 2.75) is 38.5 Å². The molecular weight excluding hydrogens is 148 g/mol. The summed E-state index contributed by atoms with van der Waals surface area (Å²) >= 11 is 0. The van der Waals surface area contributed by atoms with Crippen LogP contribution in [0.5, 0.6) is 0 Å². The molecular formula is C11H17O. The van der Waals surface area contributed by atoms with Crippen LogP contribution < -0.4 is 0 Å². The van der Waals surface area contributed by atoms with E-state index >= 15 is 0 Å². The molecule has 4 saturated carbocycles. The third-order valence-electron chi connectivity index (χ3n) is 4.47. The summed E-state index contributed by atoms with van der Waals surface area (Å²) in [4.78, 5) is 0. The van der Waals surface area contributed by atoms with Crippen LogP contribution >= 0.6 is 0 Å². The van der Waals surface area contributed by atoms with Crippen molar-refractivity contribution in [1.29, 1.82) is 0 Å². The van der Waals surface area contributed by atoms with E-state index in [1.807, 2.05) is 0 Å². The van der Waals surface area contributed by atoms with Gasteiger partial charge >= 0.3 is 0 Å². The topological polar surface area (TPSA) is 19.9 Å². The highest BCUT2D eigenvalue weighted by Gasteiger charge is 2.50. The molecule has 12 heavy (non-hydrogen) atoms. The van der Waals surface area contributed by atoms with Gasteiger partial charge in [-0.2, -0.15) is 0 Å². The van der Waals surface area contributed by atoms with E-state index in [9.17, 15) is 5.11 Å². The van der Waals surface area contributed by atoms with Gasteiger partial charge in [-0.05, 0) is 61.7 Å². The summed E-state index contributed by atoms with van der Waals surface area (Å²) in [5, 5.41) is 11.2. The van der Waals surface area contributed by atoms with Crippen molar-refractivity contribution in [3.05, 3.63) is 0 Å². The molecule has 67 valence electrons. The number of hydrogen-bond acceptors (Lipinski definition) is 0. The Morgan fingerprint density at radius 2 is 1.33 bits per heavy atom. The van der Waals surface area contributed by atoms with Gasteiger partial charge in [0.1, 0.15) is 0 Å². The fraction of sp³-hybridized carbons (Fsp3) is 1.00. The molecule has 0 saturated heterocycles. The fourth-order valence-corrected chi connectivity index (χ4v) is 4.47. The second-order valence-electron chi connectivity index (χ2n) is 5.56. The Bertz CT molecular complexity index is 162. The minimum atomic E-state index is 0.219. The first kappa shape index (κ1) is 7.37. The molecule has 0 amide bonds. The largest absolute Gasteiger partial charge is 0.236 e. The van der Waals surface area contributed by atoms with E-state index in [0.717, 1.165) is 17.8 Å². The molecule has 4 aliphatic carbocycles. The van der Waals surface area contributed by atoms with Crippen LogP contribution in [0.3, 0.4) is 0 Å². The summed E-state index contributed by atoms with van der Waals surface area (Å²) in [6.07, 6.45) is 8.21. The van der Waals surface area contributed by atoms with Gasteiger partial charge in [-0.1, -0.05) is 0 Å². The van der Waals surface area contributed by atoms with Crippen LogP contribution in [0.2, 0.25) is 0 Å². The van der Waals surface area contributed by atoms with Gasteiger partial charge in [-0.15, -0.1) is 0 Å². The van der Waals surface area contributed by atoms with Crippen molar-refractivity contribution < 1.29 is 5.11 Å². The van der Waals surface area contributed by atoms with Crippen LogP contribution in [0, 0.1) is 23.2 Å². The molecule has 1 nitrogen and oxygen atoms in total. The second kappa shape index (κ2) is 2.25. The minimum Gasteiger partial charge on any atom is -0.236 e. The minimum absolute atomic E-state index is 0.219. The molecule has 0 aromatic heterocycles. The van der Waals surface area contributed by atoms with Gasteiger partial charge in [-0.25, -0.2) is 5.11 Å². The molecule has 4 fully saturated rings. The maximum atomic E-state index is 11.2. The lowest BCUT2D eigenvalue weighted by molar-refractivity contribution is -0.0938. The number of rotatable bonds is 1. The lowest BCUT2D eigenvalue weighted by Crippen LogP contribution is -2.47. The summed E-state index contributed by atoms with van der Waals surface area (Å²) in [5.41, 5.74) is 0.286. The first-order valence-corrected chi connectivity index (χ1v) is 5.38. The SMILES string of the molecule is [O]CC12CC3CC(CC(C3)C1)C2. The fourth-order valence-electron chi connectivity index (χ4n) is 4.47. The summed E-state index contributed by atoms with van der Waals surface area (Å²) in [7, 11) is 0. The highest BCUT2D eigenvalue weighted by Crippen LogP contribution is 2.59.